The summed E-state index contributed by atoms with van der Waals surface area (Å²) in [4.78, 5) is 10.6. The molecule has 0 radical (unpaired) electrons. The van der Waals surface area contributed by atoms with Crippen molar-refractivity contribution in [1.82, 2.24) is 5.32 Å². The molecule has 0 fully saturated rings. The first kappa shape index (κ1) is 10.4. The summed E-state index contributed by atoms with van der Waals surface area (Å²) in [5, 5.41) is 11.6. The lowest BCUT2D eigenvalue weighted by Gasteiger charge is -1.95. The average Bonchev–Trinajstić information content (AvgIpc) is 2.47. The second-order valence-electron chi connectivity index (χ2n) is 2.84. The zero-order chi connectivity index (χ0) is 10.6. The number of nitrogens with one attached hydrogen (secondary N) is 1. The number of carbonyl (C=O) groups is 1. The molecule has 0 atom stereocenters. The van der Waals surface area contributed by atoms with Crippen molar-refractivity contribution in [2.24, 2.45) is 0 Å². The zero-order valence-electron chi connectivity index (χ0n) is 7.83. The van der Waals surface area contributed by atoms with E-state index >= 15 is 0 Å². The summed E-state index contributed by atoms with van der Waals surface area (Å²) in [6, 6.07) is 1.69. The largest absolute Gasteiger partial charge is 0.475 e. The third-order valence-electron chi connectivity index (χ3n) is 1.69. The minimum Gasteiger partial charge on any atom is -0.475 e. The third-order valence-corrected chi connectivity index (χ3v) is 1.69. The summed E-state index contributed by atoms with van der Waals surface area (Å²) in [5.41, 5.74) is 0.620. The molecule has 1 rings (SSSR count). The van der Waals surface area contributed by atoms with E-state index in [1.54, 1.807) is 13.0 Å². The first-order valence-corrected chi connectivity index (χ1v) is 4.12. The standard InChI is InChI=1S/C10H11NO3/c1-3-4-11-6-8-5-7(2)9(14-8)10(12)13/h1,5,11H,4,6H2,2H3,(H,12,13). The van der Waals surface area contributed by atoms with E-state index in [0.717, 1.165) is 0 Å². The summed E-state index contributed by atoms with van der Waals surface area (Å²) in [6.07, 6.45) is 5.04. The van der Waals surface area contributed by atoms with Crippen LogP contribution in [-0.4, -0.2) is 17.6 Å². The maximum atomic E-state index is 10.6. The molecule has 0 aromatic carbocycles. The Labute approximate surface area is 81.9 Å². The summed E-state index contributed by atoms with van der Waals surface area (Å²) in [6.45, 7) is 2.57. The topological polar surface area (TPSA) is 62.5 Å². The van der Waals surface area contributed by atoms with Crippen LogP contribution in [0.5, 0.6) is 0 Å². The van der Waals surface area contributed by atoms with Crippen LogP contribution in [0.3, 0.4) is 0 Å². The van der Waals surface area contributed by atoms with E-state index in [2.05, 4.69) is 11.2 Å². The molecule has 0 saturated heterocycles. The fourth-order valence-electron chi connectivity index (χ4n) is 1.11. The minimum absolute atomic E-state index is 0.0116. The molecular weight excluding hydrogens is 182 g/mol. The van der Waals surface area contributed by atoms with Crippen LogP contribution >= 0.6 is 0 Å². The highest BCUT2D eigenvalue weighted by atomic mass is 16.4. The summed E-state index contributed by atoms with van der Waals surface area (Å²) >= 11 is 0. The molecule has 1 aromatic rings. The molecule has 0 aliphatic rings. The lowest BCUT2D eigenvalue weighted by Crippen LogP contribution is -2.12. The molecule has 0 spiro atoms. The molecule has 74 valence electrons. The second-order valence-corrected chi connectivity index (χ2v) is 2.84. The van der Waals surface area contributed by atoms with Crippen LogP contribution in [0.4, 0.5) is 0 Å². The van der Waals surface area contributed by atoms with Gasteiger partial charge in [0.25, 0.3) is 0 Å². The molecule has 14 heavy (non-hydrogen) atoms. The molecule has 0 unspecified atom stereocenters. The van der Waals surface area contributed by atoms with E-state index in [4.69, 9.17) is 15.9 Å². The van der Waals surface area contributed by atoms with Crippen molar-refractivity contribution in [2.45, 2.75) is 13.5 Å². The number of aryl methyl sites for hydroxylation is 1. The summed E-state index contributed by atoms with van der Waals surface area (Å²) in [5.74, 6) is 1.93. The van der Waals surface area contributed by atoms with Gasteiger partial charge in [-0.25, -0.2) is 4.79 Å². The van der Waals surface area contributed by atoms with Gasteiger partial charge in [0.1, 0.15) is 5.76 Å². The van der Waals surface area contributed by atoms with E-state index in [1.165, 1.54) is 0 Å². The Hall–Kier alpha value is -1.73. The molecule has 4 heteroatoms. The SMILES string of the molecule is C#CCNCc1cc(C)c(C(=O)O)o1. The van der Waals surface area contributed by atoms with Crippen LogP contribution in [-0.2, 0) is 6.54 Å². The van der Waals surface area contributed by atoms with Crippen LogP contribution in [0.1, 0.15) is 21.9 Å². The number of aromatic carboxylic acids is 1. The summed E-state index contributed by atoms with van der Waals surface area (Å²) in [7, 11) is 0. The van der Waals surface area contributed by atoms with E-state index < -0.39 is 5.97 Å². The van der Waals surface area contributed by atoms with Gasteiger partial charge in [-0.15, -0.1) is 6.42 Å². The predicted molar refractivity (Wildman–Crippen MR) is 50.9 cm³/mol. The number of carboxylic acids is 1. The van der Waals surface area contributed by atoms with Gasteiger partial charge >= 0.3 is 5.97 Å². The third kappa shape index (κ3) is 2.38. The van der Waals surface area contributed by atoms with Crippen LogP contribution in [0, 0.1) is 19.3 Å². The van der Waals surface area contributed by atoms with Gasteiger partial charge in [-0.2, -0.15) is 0 Å². The molecule has 1 heterocycles. The van der Waals surface area contributed by atoms with Crippen LogP contribution in [0.25, 0.3) is 0 Å². The Morgan fingerprint density at radius 2 is 2.50 bits per heavy atom. The van der Waals surface area contributed by atoms with Gasteiger partial charge < -0.3 is 9.52 Å². The molecule has 0 saturated carbocycles. The molecule has 2 N–H and O–H groups in total. The Balaban J connectivity index is 2.67. The van der Waals surface area contributed by atoms with Crippen LogP contribution in [0.2, 0.25) is 0 Å². The normalized spacial score (nSPS) is 9.71. The maximum Gasteiger partial charge on any atom is 0.372 e. The zero-order valence-corrected chi connectivity index (χ0v) is 7.83. The lowest BCUT2D eigenvalue weighted by molar-refractivity contribution is 0.0659. The first-order valence-electron chi connectivity index (χ1n) is 4.12. The fraction of sp³-hybridized carbons (Fsp3) is 0.300. The number of terminal acetylenes is 1. The highest BCUT2D eigenvalue weighted by molar-refractivity contribution is 5.86. The Morgan fingerprint density at radius 3 is 3.00 bits per heavy atom. The van der Waals surface area contributed by atoms with Gasteiger partial charge in [0.2, 0.25) is 5.76 Å². The van der Waals surface area contributed by atoms with E-state index in [-0.39, 0.29) is 5.76 Å². The molecular formula is C10H11NO3. The lowest BCUT2D eigenvalue weighted by atomic mass is 10.2. The van der Waals surface area contributed by atoms with Crippen molar-refractivity contribution in [1.29, 1.82) is 0 Å². The summed E-state index contributed by atoms with van der Waals surface area (Å²) < 4.78 is 5.09. The smallest absolute Gasteiger partial charge is 0.372 e. The van der Waals surface area contributed by atoms with Crippen molar-refractivity contribution < 1.29 is 14.3 Å². The number of hydrogen-bond acceptors (Lipinski definition) is 3. The minimum atomic E-state index is -1.05. The fourth-order valence-corrected chi connectivity index (χ4v) is 1.11. The first-order chi connectivity index (χ1) is 6.65. The van der Waals surface area contributed by atoms with Crippen molar-refractivity contribution >= 4 is 5.97 Å². The molecule has 0 aliphatic heterocycles. The van der Waals surface area contributed by atoms with E-state index in [9.17, 15) is 4.79 Å². The van der Waals surface area contributed by atoms with E-state index in [0.29, 0.717) is 24.4 Å². The highest BCUT2D eigenvalue weighted by Crippen LogP contribution is 2.14. The van der Waals surface area contributed by atoms with Crippen molar-refractivity contribution in [3.63, 3.8) is 0 Å². The quantitative estimate of drug-likeness (QED) is 0.553. The van der Waals surface area contributed by atoms with Crippen molar-refractivity contribution in [2.75, 3.05) is 6.54 Å². The van der Waals surface area contributed by atoms with Gasteiger partial charge in [0.05, 0.1) is 13.1 Å². The number of carboxylic acid groups (broad SMARTS) is 1. The molecule has 0 bridgehead atoms. The van der Waals surface area contributed by atoms with E-state index in [1.807, 2.05) is 0 Å². The van der Waals surface area contributed by atoms with Crippen LogP contribution < -0.4 is 5.32 Å². The van der Waals surface area contributed by atoms with Gasteiger partial charge in [-0.1, -0.05) is 5.92 Å². The van der Waals surface area contributed by atoms with Crippen molar-refractivity contribution in [3.8, 4) is 12.3 Å². The maximum absolute atomic E-state index is 10.6. The van der Waals surface area contributed by atoms with Gasteiger partial charge in [0.15, 0.2) is 0 Å². The second kappa shape index (κ2) is 4.49. The highest BCUT2D eigenvalue weighted by Gasteiger charge is 2.13. The number of hydrogen-bond donors (Lipinski definition) is 2. The Kier molecular flexibility index (Phi) is 3.32. The predicted octanol–water partition coefficient (Wildman–Crippen LogP) is 1.01. The molecule has 4 nitrogen and oxygen atoms in total. The monoisotopic (exact) mass is 193 g/mol. The number of rotatable bonds is 4. The van der Waals surface area contributed by atoms with Gasteiger partial charge in [-0.05, 0) is 13.0 Å². The number of furan rings is 1. The van der Waals surface area contributed by atoms with Crippen LogP contribution in [0.15, 0.2) is 10.5 Å². The Morgan fingerprint density at radius 1 is 1.79 bits per heavy atom. The molecule has 0 amide bonds. The van der Waals surface area contributed by atoms with Crippen molar-refractivity contribution in [3.05, 3.63) is 23.2 Å². The molecule has 0 aliphatic carbocycles. The Bertz CT molecular complexity index is 373. The van der Waals surface area contributed by atoms with Gasteiger partial charge in [0, 0.05) is 5.56 Å². The average molecular weight is 193 g/mol. The molecule has 1 aromatic heterocycles. The van der Waals surface area contributed by atoms with Gasteiger partial charge in [-0.3, -0.25) is 5.32 Å².